The Morgan fingerprint density at radius 1 is 1.11 bits per heavy atom. The van der Waals surface area contributed by atoms with E-state index in [1.54, 1.807) is 11.2 Å². The summed E-state index contributed by atoms with van der Waals surface area (Å²) in [6.07, 6.45) is 8.87. The Hall–Kier alpha value is -2.87. The molecule has 190 valence electrons. The lowest BCUT2D eigenvalue weighted by Crippen LogP contribution is -2.53. The molecule has 8 heteroatoms. The number of anilines is 1. The number of para-hydroxylation sites is 2. The second-order valence-corrected chi connectivity index (χ2v) is 11.7. The summed E-state index contributed by atoms with van der Waals surface area (Å²) in [4.78, 5) is 24.0. The predicted octanol–water partition coefficient (Wildman–Crippen LogP) is 3.19. The van der Waals surface area contributed by atoms with Crippen LogP contribution in [-0.4, -0.2) is 57.8 Å². The molecular formula is C28H34N4O4. The molecule has 1 amide bonds. The molecule has 2 unspecified atom stereocenters. The molecule has 1 aromatic heterocycles. The van der Waals surface area contributed by atoms with Gasteiger partial charge in [0.15, 0.2) is 11.5 Å². The van der Waals surface area contributed by atoms with E-state index in [1.807, 2.05) is 24.3 Å². The highest BCUT2D eigenvalue weighted by molar-refractivity contribution is 5.82. The highest BCUT2D eigenvalue weighted by atomic mass is 16.6. The summed E-state index contributed by atoms with van der Waals surface area (Å²) in [7, 11) is 0. The fourth-order valence-corrected chi connectivity index (χ4v) is 8.04. The smallest absolute Gasteiger partial charge is 0.267 e. The summed E-state index contributed by atoms with van der Waals surface area (Å²) in [5.41, 5.74) is 1.98. The van der Waals surface area contributed by atoms with Crippen LogP contribution in [0.5, 0.6) is 11.5 Å². The second-order valence-electron chi connectivity index (χ2n) is 11.7. The molecule has 0 spiro atoms. The topological polar surface area (TPSA) is 96.8 Å². The summed E-state index contributed by atoms with van der Waals surface area (Å²) >= 11 is 0. The first-order valence-corrected chi connectivity index (χ1v) is 13.5. The van der Waals surface area contributed by atoms with Gasteiger partial charge in [0, 0.05) is 18.7 Å². The average molecular weight is 491 g/mol. The van der Waals surface area contributed by atoms with E-state index in [-0.39, 0.29) is 24.0 Å². The van der Waals surface area contributed by atoms with Gasteiger partial charge >= 0.3 is 0 Å². The molecule has 3 heterocycles. The van der Waals surface area contributed by atoms with Crippen molar-refractivity contribution in [1.82, 2.24) is 14.9 Å². The minimum absolute atomic E-state index is 0.0821. The van der Waals surface area contributed by atoms with E-state index >= 15 is 0 Å². The zero-order chi connectivity index (χ0) is 24.3. The van der Waals surface area contributed by atoms with Crippen molar-refractivity contribution >= 4 is 11.7 Å². The Labute approximate surface area is 211 Å². The molecule has 0 saturated heterocycles. The van der Waals surface area contributed by atoms with Gasteiger partial charge in [0.1, 0.15) is 18.8 Å². The number of fused-ring (bicyclic) bond motifs is 2. The molecule has 0 radical (unpaired) electrons. The van der Waals surface area contributed by atoms with E-state index in [4.69, 9.17) is 9.47 Å². The van der Waals surface area contributed by atoms with Crippen LogP contribution in [0.15, 0.2) is 30.6 Å². The van der Waals surface area contributed by atoms with Crippen LogP contribution >= 0.6 is 0 Å². The molecular weight excluding hydrogens is 456 g/mol. The molecule has 1 aromatic carbocycles. The molecule has 4 fully saturated rings. The number of aliphatic hydroxyl groups is 1. The molecule has 8 nitrogen and oxygen atoms in total. The lowest BCUT2D eigenvalue weighted by atomic mass is 9.48. The molecule has 4 bridgehead atoms. The SMILES string of the molecule is O=C(C1COc2ccccc2O1)N1CCc2c(ncnc2NCC(O)C23CC4CC(CC(C4)C2)C3)C1. The minimum atomic E-state index is -0.656. The number of aliphatic hydroxyl groups excluding tert-OH is 1. The van der Waals surface area contributed by atoms with Gasteiger partial charge in [-0.15, -0.1) is 0 Å². The number of nitrogens with zero attached hydrogens (tertiary/aromatic N) is 3. The second kappa shape index (κ2) is 8.61. The number of hydrogen-bond acceptors (Lipinski definition) is 7. The summed E-state index contributed by atoms with van der Waals surface area (Å²) < 4.78 is 11.7. The van der Waals surface area contributed by atoms with Gasteiger partial charge in [-0.3, -0.25) is 4.79 Å². The van der Waals surface area contributed by atoms with Gasteiger partial charge < -0.3 is 24.8 Å². The monoisotopic (exact) mass is 490 g/mol. The summed E-state index contributed by atoms with van der Waals surface area (Å²) in [6, 6.07) is 7.43. The maximum atomic E-state index is 13.2. The van der Waals surface area contributed by atoms with E-state index in [1.165, 1.54) is 38.5 Å². The summed E-state index contributed by atoms with van der Waals surface area (Å²) in [6.45, 7) is 1.72. The maximum absolute atomic E-state index is 13.2. The van der Waals surface area contributed by atoms with Crippen molar-refractivity contribution in [3.8, 4) is 11.5 Å². The standard InChI is InChI=1S/C28H34N4O4/c33-25(28-10-17-7-18(11-28)9-19(8-17)12-28)13-29-26-20-5-6-32(14-21(20)30-16-31-26)27(34)24-15-35-22-3-1-2-4-23(22)36-24/h1-4,16-19,24-25,33H,5-15H2,(H,29,30,31). The summed E-state index contributed by atoms with van der Waals surface area (Å²) in [5.74, 6) is 4.42. The number of aromatic nitrogens is 2. The molecule has 4 saturated carbocycles. The zero-order valence-corrected chi connectivity index (χ0v) is 20.6. The Morgan fingerprint density at radius 2 is 1.83 bits per heavy atom. The van der Waals surface area contributed by atoms with Crippen molar-refractivity contribution in [3.63, 3.8) is 0 Å². The summed E-state index contributed by atoms with van der Waals surface area (Å²) in [5, 5.41) is 14.8. The van der Waals surface area contributed by atoms with Gasteiger partial charge in [-0.1, -0.05) is 12.1 Å². The molecule has 8 rings (SSSR count). The highest BCUT2D eigenvalue weighted by Gasteiger charge is 2.53. The minimum Gasteiger partial charge on any atom is -0.485 e. The van der Waals surface area contributed by atoms with Crippen LogP contribution in [0.4, 0.5) is 5.82 Å². The van der Waals surface area contributed by atoms with Gasteiger partial charge in [0.2, 0.25) is 6.10 Å². The van der Waals surface area contributed by atoms with Crippen molar-refractivity contribution in [2.75, 3.05) is 25.0 Å². The number of carbonyl (C=O) groups is 1. The van der Waals surface area contributed by atoms with E-state index in [0.717, 1.165) is 34.8 Å². The van der Waals surface area contributed by atoms with Gasteiger partial charge in [0.25, 0.3) is 5.91 Å². The molecule has 2 atom stereocenters. The van der Waals surface area contributed by atoms with Gasteiger partial charge in [-0.25, -0.2) is 9.97 Å². The fraction of sp³-hybridized carbons (Fsp3) is 0.607. The molecule has 2 N–H and O–H groups in total. The van der Waals surface area contributed by atoms with E-state index in [0.29, 0.717) is 37.6 Å². The Bertz CT molecular complexity index is 1130. The van der Waals surface area contributed by atoms with Crippen molar-refractivity contribution < 1.29 is 19.4 Å². The van der Waals surface area contributed by atoms with E-state index < -0.39 is 6.10 Å². The van der Waals surface area contributed by atoms with Crippen molar-refractivity contribution in [1.29, 1.82) is 0 Å². The third-order valence-corrected chi connectivity index (χ3v) is 9.36. The zero-order valence-electron chi connectivity index (χ0n) is 20.6. The van der Waals surface area contributed by atoms with Crippen LogP contribution in [-0.2, 0) is 17.8 Å². The van der Waals surface area contributed by atoms with Gasteiger partial charge in [-0.05, 0) is 80.2 Å². The van der Waals surface area contributed by atoms with E-state index in [9.17, 15) is 9.90 Å². The van der Waals surface area contributed by atoms with Crippen LogP contribution in [0.25, 0.3) is 0 Å². The number of carbonyl (C=O) groups excluding carboxylic acids is 1. The molecule has 6 aliphatic rings. The predicted molar refractivity (Wildman–Crippen MR) is 133 cm³/mol. The van der Waals surface area contributed by atoms with Crippen LogP contribution in [0.2, 0.25) is 0 Å². The Morgan fingerprint density at radius 3 is 2.58 bits per heavy atom. The normalized spacial score (nSPS) is 32.6. The number of rotatable bonds is 5. The molecule has 2 aromatic rings. The first-order valence-electron chi connectivity index (χ1n) is 13.5. The number of hydrogen-bond donors (Lipinski definition) is 2. The van der Waals surface area contributed by atoms with Gasteiger partial charge in [-0.2, -0.15) is 0 Å². The van der Waals surface area contributed by atoms with Gasteiger partial charge in [0.05, 0.1) is 18.3 Å². The number of benzene rings is 1. The lowest BCUT2D eigenvalue weighted by Gasteiger charge is -2.58. The quantitative estimate of drug-likeness (QED) is 0.664. The Balaban J connectivity index is 1.01. The van der Waals surface area contributed by atoms with Crippen molar-refractivity contribution in [3.05, 3.63) is 41.9 Å². The van der Waals surface area contributed by atoms with E-state index in [2.05, 4.69) is 15.3 Å². The Kier molecular flexibility index (Phi) is 5.34. The maximum Gasteiger partial charge on any atom is 0.267 e. The third-order valence-electron chi connectivity index (χ3n) is 9.36. The first-order chi connectivity index (χ1) is 17.6. The molecule has 4 aliphatic carbocycles. The average Bonchev–Trinajstić information content (AvgIpc) is 2.90. The van der Waals surface area contributed by atoms with Crippen LogP contribution in [0.1, 0.15) is 49.8 Å². The van der Waals surface area contributed by atoms with Crippen molar-refractivity contribution in [2.45, 2.75) is 63.7 Å². The number of ether oxygens (including phenoxy) is 2. The third kappa shape index (κ3) is 3.81. The highest BCUT2D eigenvalue weighted by Crippen LogP contribution is 2.61. The van der Waals surface area contributed by atoms with Crippen LogP contribution in [0.3, 0.4) is 0 Å². The van der Waals surface area contributed by atoms with Crippen molar-refractivity contribution in [2.24, 2.45) is 23.2 Å². The largest absolute Gasteiger partial charge is 0.485 e. The number of nitrogens with one attached hydrogen (secondary N) is 1. The molecule has 36 heavy (non-hydrogen) atoms. The lowest BCUT2D eigenvalue weighted by molar-refractivity contribution is -0.142. The van der Waals surface area contributed by atoms with Crippen LogP contribution < -0.4 is 14.8 Å². The molecule has 2 aliphatic heterocycles. The number of amides is 1. The first kappa shape index (κ1) is 22.3. The fourth-order valence-electron chi connectivity index (χ4n) is 8.04. The van der Waals surface area contributed by atoms with Crippen LogP contribution in [0, 0.1) is 23.2 Å².